The van der Waals surface area contributed by atoms with Crippen LogP contribution in [0, 0.1) is 40.9 Å². The number of ether oxygens (including phenoxy) is 2. The molecule has 4 fully saturated rings. The average molecular weight is 334 g/mol. The van der Waals surface area contributed by atoms with Crippen LogP contribution in [0.3, 0.4) is 0 Å². The minimum atomic E-state index is -0.0545. The van der Waals surface area contributed by atoms with Gasteiger partial charge in [-0.3, -0.25) is 9.78 Å². The number of rotatable bonds is 5. The third kappa shape index (κ3) is 2.21. The summed E-state index contributed by atoms with van der Waals surface area (Å²) in [7, 11) is 0. The van der Waals surface area contributed by atoms with Gasteiger partial charge in [0.15, 0.2) is 0 Å². The van der Waals surface area contributed by atoms with E-state index >= 15 is 0 Å². The molecule has 1 aromatic heterocycles. The van der Waals surface area contributed by atoms with Gasteiger partial charge in [0.25, 0.3) is 0 Å². The van der Waals surface area contributed by atoms with Gasteiger partial charge in [0.05, 0.1) is 11.4 Å². The summed E-state index contributed by atoms with van der Waals surface area (Å²) in [4.78, 5) is 16.6. The van der Waals surface area contributed by atoms with Crippen molar-refractivity contribution in [2.24, 2.45) is 29.6 Å². The Kier molecular flexibility index (Phi) is 3.21. The summed E-state index contributed by atoms with van der Waals surface area (Å²) in [5, 5.41) is 10.1. The van der Waals surface area contributed by atoms with Crippen LogP contribution >= 0.6 is 0 Å². The first kappa shape index (κ1) is 14.7. The van der Waals surface area contributed by atoms with Crippen LogP contribution in [-0.4, -0.2) is 24.2 Å². The predicted molar refractivity (Wildman–Crippen MR) is 89.6 cm³/mol. The van der Waals surface area contributed by atoms with Gasteiger partial charge in [0.1, 0.15) is 30.6 Å². The quantitative estimate of drug-likeness (QED) is 0.621. The molecule has 4 saturated carbocycles. The number of fused-ring (bicyclic) bond motifs is 1. The summed E-state index contributed by atoms with van der Waals surface area (Å²) in [5.41, 5.74) is 1.17. The number of pyridine rings is 1. The van der Waals surface area contributed by atoms with Gasteiger partial charge in [0, 0.05) is 11.6 Å². The summed E-state index contributed by atoms with van der Waals surface area (Å²) in [6.07, 6.45) is 3.96. The minimum Gasteiger partial charge on any atom is -0.488 e. The average Bonchev–Trinajstić information content (AvgIpc) is 3.04. The molecule has 3 atom stereocenters. The van der Waals surface area contributed by atoms with Gasteiger partial charge in [-0.15, -0.1) is 0 Å². The molecule has 0 amide bonds. The van der Waals surface area contributed by atoms with Crippen molar-refractivity contribution in [2.45, 2.75) is 12.8 Å². The Labute approximate surface area is 145 Å². The molecule has 4 aliphatic carbocycles. The van der Waals surface area contributed by atoms with E-state index in [1.807, 2.05) is 24.3 Å². The summed E-state index contributed by atoms with van der Waals surface area (Å²) in [6.45, 7) is 0.453. The maximum Gasteiger partial charge on any atom is 0.309 e. The van der Waals surface area contributed by atoms with Crippen molar-refractivity contribution < 1.29 is 14.3 Å². The molecule has 0 spiro atoms. The fraction of sp³-hybridized carbons (Fsp3) is 0.450. The molecule has 1 aromatic carbocycles. The van der Waals surface area contributed by atoms with E-state index in [0.717, 1.165) is 22.7 Å². The second-order valence-corrected chi connectivity index (χ2v) is 7.31. The Bertz CT molecular complexity index is 889. The molecule has 4 bridgehead atoms. The van der Waals surface area contributed by atoms with Crippen LogP contribution in [0.1, 0.15) is 18.4 Å². The largest absolute Gasteiger partial charge is 0.488 e. The van der Waals surface area contributed by atoms with E-state index < -0.39 is 0 Å². The van der Waals surface area contributed by atoms with Crippen LogP contribution < -0.4 is 4.74 Å². The van der Waals surface area contributed by atoms with Gasteiger partial charge in [-0.05, 0) is 48.6 Å². The zero-order valence-electron chi connectivity index (χ0n) is 13.7. The minimum absolute atomic E-state index is 0.0545. The molecule has 1 heterocycles. The van der Waals surface area contributed by atoms with Crippen LogP contribution in [-0.2, 0) is 9.53 Å². The van der Waals surface area contributed by atoms with Crippen molar-refractivity contribution in [3.63, 3.8) is 0 Å². The molecular formula is C20H18N2O3. The second-order valence-electron chi connectivity index (χ2n) is 7.31. The Balaban J connectivity index is 1.23. The lowest BCUT2D eigenvalue weighted by atomic mass is 9.99. The first-order chi connectivity index (χ1) is 12.3. The fourth-order valence-electron chi connectivity index (χ4n) is 5.16. The Morgan fingerprint density at radius 3 is 2.76 bits per heavy atom. The van der Waals surface area contributed by atoms with Crippen LogP contribution in [0.25, 0.3) is 10.9 Å². The van der Waals surface area contributed by atoms with Crippen molar-refractivity contribution in [1.29, 1.82) is 5.26 Å². The monoisotopic (exact) mass is 334 g/mol. The number of nitriles is 1. The zero-order chi connectivity index (χ0) is 17.0. The van der Waals surface area contributed by atoms with Crippen molar-refractivity contribution in [2.75, 3.05) is 13.2 Å². The Hall–Kier alpha value is -2.61. The van der Waals surface area contributed by atoms with Crippen molar-refractivity contribution in [1.82, 2.24) is 4.98 Å². The number of para-hydroxylation sites is 1. The number of carbonyl (C=O) groups is 1. The van der Waals surface area contributed by atoms with Crippen LogP contribution in [0.5, 0.6) is 5.75 Å². The molecule has 0 saturated heterocycles. The normalized spacial score (nSPS) is 30.9. The van der Waals surface area contributed by atoms with Gasteiger partial charge in [-0.25, -0.2) is 0 Å². The number of hydrogen-bond acceptors (Lipinski definition) is 5. The van der Waals surface area contributed by atoms with Gasteiger partial charge < -0.3 is 9.47 Å². The molecular weight excluding hydrogens is 316 g/mol. The predicted octanol–water partition coefficient (Wildman–Crippen LogP) is 2.93. The molecule has 2 aromatic rings. The number of carbonyl (C=O) groups excluding carboxylic acids is 1. The van der Waals surface area contributed by atoms with Crippen LogP contribution in [0.2, 0.25) is 0 Å². The highest BCUT2D eigenvalue weighted by atomic mass is 16.6. The number of esters is 1. The third-order valence-electron chi connectivity index (χ3n) is 6.16. The van der Waals surface area contributed by atoms with Gasteiger partial charge in [-0.2, -0.15) is 5.26 Å². The first-order valence-corrected chi connectivity index (χ1v) is 8.85. The summed E-state index contributed by atoms with van der Waals surface area (Å²) >= 11 is 0. The van der Waals surface area contributed by atoms with E-state index in [1.54, 1.807) is 0 Å². The molecule has 5 nitrogen and oxygen atoms in total. The summed E-state index contributed by atoms with van der Waals surface area (Å²) in [6, 6.07) is 9.64. The molecule has 0 aliphatic heterocycles. The molecule has 0 radical (unpaired) electrons. The molecule has 25 heavy (non-hydrogen) atoms. The summed E-state index contributed by atoms with van der Waals surface area (Å²) in [5.74, 6) is 3.36. The van der Waals surface area contributed by atoms with Crippen LogP contribution in [0.15, 0.2) is 30.5 Å². The molecule has 0 N–H and O–H groups in total. The van der Waals surface area contributed by atoms with Gasteiger partial charge >= 0.3 is 5.97 Å². The zero-order valence-corrected chi connectivity index (χ0v) is 13.7. The van der Waals surface area contributed by atoms with E-state index in [2.05, 4.69) is 11.1 Å². The van der Waals surface area contributed by atoms with E-state index in [9.17, 15) is 10.1 Å². The smallest absolute Gasteiger partial charge is 0.309 e. The van der Waals surface area contributed by atoms with Crippen molar-refractivity contribution in [3.8, 4) is 11.8 Å². The van der Waals surface area contributed by atoms with E-state index in [0.29, 0.717) is 23.1 Å². The highest BCUT2D eigenvalue weighted by molar-refractivity contribution is 5.87. The van der Waals surface area contributed by atoms with Crippen molar-refractivity contribution >= 4 is 16.9 Å². The highest BCUT2D eigenvalue weighted by Crippen LogP contribution is 2.73. The maximum atomic E-state index is 12.3. The van der Waals surface area contributed by atoms with E-state index in [-0.39, 0.29) is 25.1 Å². The SMILES string of the molecule is N#Cc1cnc2ccccc2c1OCCOC(=O)C1C2CC3C(C2)C31. The van der Waals surface area contributed by atoms with E-state index in [4.69, 9.17) is 9.47 Å². The number of nitrogens with zero attached hydrogens (tertiary/aromatic N) is 2. The third-order valence-corrected chi connectivity index (χ3v) is 6.16. The van der Waals surface area contributed by atoms with E-state index in [1.165, 1.54) is 19.0 Å². The molecule has 5 heteroatoms. The standard InChI is InChI=1S/C20H18N2O3/c21-9-12-10-22-16-4-2-1-3-13(16)19(12)24-5-6-25-20(23)17-11-7-14-15(8-11)18(14)17/h1-4,10-11,14-15,17-18H,5-8H2. The number of benzene rings is 1. The molecule has 4 aliphatic rings. The Morgan fingerprint density at radius 1 is 1.24 bits per heavy atom. The van der Waals surface area contributed by atoms with Gasteiger partial charge in [-0.1, -0.05) is 12.1 Å². The lowest BCUT2D eigenvalue weighted by Gasteiger charge is -2.15. The van der Waals surface area contributed by atoms with Crippen molar-refractivity contribution in [3.05, 3.63) is 36.0 Å². The fourth-order valence-corrected chi connectivity index (χ4v) is 5.16. The molecule has 126 valence electrons. The lowest BCUT2D eigenvalue weighted by molar-refractivity contribution is -0.150. The lowest BCUT2D eigenvalue weighted by Crippen LogP contribution is -2.23. The first-order valence-electron chi connectivity index (χ1n) is 8.85. The summed E-state index contributed by atoms with van der Waals surface area (Å²) < 4.78 is 11.3. The maximum absolute atomic E-state index is 12.3. The number of hydrogen-bond donors (Lipinski definition) is 0. The van der Waals surface area contributed by atoms with Gasteiger partial charge in [0.2, 0.25) is 0 Å². The Morgan fingerprint density at radius 2 is 2.04 bits per heavy atom. The topological polar surface area (TPSA) is 72.2 Å². The number of aromatic nitrogens is 1. The molecule has 3 unspecified atom stereocenters. The second kappa shape index (κ2) is 5.45. The highest BCUT2D eigenvalue weighted by Gasteiger charge is 2.70. The molecule has 6 rings (SSSR count). The van der Waals surface area contributed by atoms with Crippen LogP contribution in [0.4, 0.5) is 0 Å².